The highest BCUT2D eigenvalue weighted by Gasteiger charge is 2.43. The summed E-state index contributed by atoms with van der Waals surface area (Å²) < 4.78 is 11.0. The summed E-state index contributed by atoms with van der Waals surface area (Å²) in [4.78, 5) is 2.33. The Balaban J connectivity index is 1.94. The van der Waals surface area contributed by atoms with Crippen LogP contribution in [0.15, 0.2) is 0 Å². The third-order valence-electron chi connectivity index (χ3n) is 2.91. The first-order valence-electron chi connectivity index (χ1n) is 4.59. The molecular weight excluding hydrogens is 154 g/mol. The molecule has 0 aliphatic carbocycles. The quantitative estimate of drug-likeness (QED) is 0.568. The third-order valence-corrected chi connectivity index (χ3v) is 2.91. The Morgan fingerprint density at radius 3 is 2.67 bits per heavy atom. The molecule has 0 unspecified atom stereocenters. The van der Waals surface area contributed by atoms with Crippen LogP contribution in [0.1, 0.15) is 6.92 Å². The zero-order valence-electron chi connectivity index (χ0n) is 7.88. The summed E-state index contributed by atoms with van der Waals surface area (Å²) in [5, 5.41) is 0. The predicted molar refractivity (Wildman–Crippen MR) is 46.2 cm³/mol. The molecule has 0 amide bonds. The lowest BCUT2D eigenvalue weighted by atomic mass is 9.81. The molecule has 2 rings (SSSR count). The minimum atomic E-state index is 0.286. The molecule has 2 heterocycles. The molecule has 0 aromatic rings. The fourth-order valence-corrected chi connectivity index (χ4v) is 1.81. The van der Waals surface area contributed by atoms with Crippen LogP contribution >= 0.6 is 0 Å². The average Bonchev–Trinajstić information content (AvgIpc) is 2.00. The zero-order valence-corrected chi connectivity index (χ0v) is 7.88. The normalized spacial score (nSPS) is 36.0. The van der Waals surface area contributed by atoms with Crippen molar-refractivity contribution in [1.82, 2.24) is 4.90 Å². The van der Waals surface area contributed by atoms with E-state index in [9.17, 15) is 0 Å². The minimum Gasteiger partial charge on any atom is -0.380 e. The molecule has 0 N–H and O–H groups in total. The summed E-state index contributed by atoms with van der Waals surface area (Å²) in [7, 11) is 2.15. The fraction of sp³-hybridized carbons (Fsp3) is 1.00. The van der Waals surface area contributed by atoms with Crippen LogP contribution < -0.4 is 0 Å². The Morgan fingerprint density at radius 1 is 1.42 bits per heavy atom. The summed E-state index contributed by atoms with van der Waals surface area (Å²) >= 11 is 0. The Kier molecular flexibility index (Phi) is 2.10. The lowest BCUT2D eigenvalue weighted by Gasteiger charge is -2.47. The van der Waals surface area contributed by atoms with Gasteiger partial charge in [-0.1, -0.05) is 6.92 Å². The summed E-state index contributed by atoms with van der Waals surface area (Å²) in [5.41, 5.74) is 0.286. The number of nitrogens with zero attached hydrogens (tertiary/aromatic N) is 1. The third kappa shape index (κ3) is 1.37. The van der Waals surface area contributed by atoms with E-state index in [0.717, 1.165) is 32.9 Å². The van der Waals surface area contributed by atoms with Gasteiger partial charge in [0.1, 0.15) is 0 Å². The molecular formula is C9H17NO2. The molecule has 3 heteroatoms. The van der Waals surface area contributed by atoms with E-state index >= 15 is 0 Å². The Hall–Kier alpha value is -0.120. The van der Waals surface area contributed by atoms with Gasteiger partial charge >= 0.3 is 0 Å². The highest BCUT2D eigenvalue weighted by molar-refractivity contribution is 4.91. The van der Waals surface area contributed by atoms with Gasteiger partial charge in [-0.15, -0.1) is 0 Å². The highest BCUT2D eigenvalue weighted by Crippen LogP contribution is 2.33. The number of likely N-dealkylation sites (N-methyl/N-ethyl adjacent to an activating group) is 1. The van der Waals surface area contributed by atoms with Crippen molar-refractivity contribution in [3.05, 3.63) is 0 Å². The van der Waals surface area contributed by atoms with E-state index in [0.29, 0.717) is 6.10 Å². The second-order valence-corrected chi connectivity index (χ2v) is 4.27. The SMILES string of the molecule is CN1CCO[C@H](C2(C)COC2)C1. The first-order valence-corrected chi connectivity index (χ1v) is 4.59. The summed E-state index contributed by atoms with van der Waals surface area (Å²) in [6.45, 7) is 6.97. The molecule has 0 bridgehead atoms. The molecule has 2 aliphatic heterocycles. The largest absolute Gasteiger partial charge is 0.380 e. The van der Waals surface area contributed by atoms with Crippen molar-refractivity contribution in [2.75, 3.05) is 40.0 Å². The summed E-state index contributed by atoms with van der Waals surface area (Å²) in [5.74, 6) is 0. The molecule has 70 valence electrons. The van der Waals surface area contributed by atoms with Gasteiger partial charge in [0.2, 0.25) is 0 Å². The highest BCUT2D eigenvalue weighted by atomic mass is 16.5. The van der Waals surface area contributed by atoms with Gasteiger partial charge in [-0.25, -0.2) is 0 Å². The van der Waals surface area contributed by atoms with Gasteiger partial charge in [0, 0.05) is 18.5 Å². The maximum absolute atomic E-state index is 5.73. The lowest BCUT2D eigenvalue weighted by molar-refractivity contribution is -0.194. The Morgan fingerprint density at radius 2 is 2.17 bits per heavy atom. The lowest BCUT2D eigenvalue weighted by Crippen LogP contribution is -2.56. The van der Waals surface area contributed by atoms with Crippen LogP contribution in [-0.4, -0.2) is 51.0 Å². The number of morpholine rings is 1. The minimum absolute atomic E-state index is 0.286. The molecule has 0 saturated carbocycles. The fourth-order valence-electron chi connectivity index (χ4n) is 1.81. The molecule has 3 nitrogen and oxygen atoms in total. The topological polar surface area (TPSA) is 21.7 Å². The van der Waals surface area contributed by atoms with Crippen molar-refractivity contribution >= 4 is 0 Å². The molecule has 2 saturated heterocycles. The second-order valence-electron chi connectivity index (χ2n) is 4.27. The van der Waals surface area contributed by atoms with Crippen LogP contribution in [-0.2, 0) is 9.47 Å². The maximum atomic E-state index is 5.73. The van der Waals surface area contributed by atoms with Crippen molar-refractivity contribution < 1.29 is 9.47 Å². The number of hydrogen-bond acceptors (Lipinski definition) is 3. The molecule has 2 aliphatic rings. The van der Waals surface area contributed by atoms with Crippen molar-refractivity contribution in [3.8, 4) is 0 Å². The van der Waals surface area contributed by atoms with Crippen molar-refractivity contribution in [3.63, 3.8) is 0 Å². The van der Waals surface area contributed by atoms with Gasteiger partial charge in [0.05, 0.1) is 25.9 Å². The monoisotopic (exact) mass is 171 g/mol. The van der Waals surface area contributed by atoms with E-state index in [1.54, 1.807) is 0 Å². The van der Waals surface area contributed by atoms with Gasteiger partial charge in [-0.2, -0.15) is 0 Å². The molecule has 0 aromatic carbocycles. The molecule has 1 atom stereocenters. The predicted octanol–water partition coefficient (Wildman–Crippen LogP) is 0.353. The summed E-state index contributed by atoms with van der Waals surface area (Å²) in [6.07, 6.45) is 0.380. The smallest absolute Gasteiger partial charge is 0.0800 e. The van der Waals surface area contributed by atoms with Crippen molar-refractivity contribution in [2.45, 2.75) is 13.0 Å². The van der Waals surface area contributed by atoms with E-state index in [1.807, 2.05) is 0 Å². The van der Waals surface area contributed by atoms with E-state index in [1.165, 1.54) is 0 Å². The van der Waals surface area contributed by atoms with E-state index in [4.69, 9.17) is 9.47 Å². The van der Waals surface area contributed by atoms with Crippen LogP contribution in [0.4, 0.5) is 0 Å². The zero-order chi connectivity index (χ0) is 8.60. The van der Waals surface area contributed by atoms with Gasteiger partial charge in [0.25, 0.3) is 0 Å². The number of rotatable bonds is 1. The van der Waals surface area contributed by atoms with Gasteiger partial charge < -0.3 is 14.4 Å². The van der Waals surface area contributed by atoms with E-state index in [2.05, 4.69) is 18.9 Å². The van der Waals surface area contributed by atoms with E-state index in [-0.39, 0.29) is 5.41 Å². The van der Waals surface area contributed by atoms with Gasteiger partial charge in [-0.3, -0.25) is 0 Å². The van der Waals surface area contributed by atoms with Gasteiger partial charge in [0.15, 0.2) is 0 Å². The number of hydrogen-bond donors (Lipinski definition) is 0. The van der Waals surface area contributed by atoms with Crippen LogP contribution in [0, 0.1) is 5.41 Å². The van der Waals surface area contributed by atoms with Crippen molar-refractivity contribution in [2.24, 2.45) is 5.41 Å². The maximum Gasteiger partial charge on any atom is 0.0800 e. The van der Waals surface area contributed by atoms with Crippen LogP contribution in [0.3, 0.4) is 0 Å². The molecule has 12 heavy (non-hydrogen) atoms. The number of ether oxygens (including phenoxy) is 2. The summed E-state index contributed by atoms with van der Waals surface area (Å²) in [6, 6.07) is 0. The average molecular weight is 171 g/mol. The molecule has 0 spiro atoms. The first-order chi connectivity index (χ1) is 5.71. The second kappa shape index (κ2) is 2.98. The Bertz CT molecular complexity index is 168. The first kappa shape index (κ1) is 8.48. The van der Waals surface area contributed by atoms with Crippen LogP contribution in [0.25, 0.3) is 0 Å². The Labute approximate surface area is 73.6 Å². The molecule has 2 fully saturated rings. The molecule has 0 aromatic heterocycles. The van der Waals surface area contributed by atoms with Crippen molar-refractivity contribution in [1.29, 1.82) is 0 Å². The molecule has 0 radical (unpaired) electrons. The van der Waals surface area contributed by atoms with E-state index < -0.39 is 0 Å². The van der Waals surface area contributed by atoms with Crippen LogP contribution in [0.2, 0.25) is 0 Å². The standard InChI is InChI=1S/C9H17NO2/c1-9(6-11-7-9)8-5-10(2)3-4-12-8/h8H,3-7H2,1-2H3/t8-/m0/s1. The van der Waals surface area contributed by atoms with Gasteiger partial charge in [-0.05, 0) is 7.05 Å². The van der Waals surface area contributed by atoms with Crippen LogP contribution in [0.5, 0.6) is 0 Å².